The number of rotatable bonds is 19. The van der Waals surface area contributed by atoms with Gasteiger partial charge in [0.05, 0.1) is 54.5 Å². The molecule has 0 saturated carbocycles. The van der Waals surface area contributed by atoms with Gasteiger partial charge in [-0.2, -0.15) is 9.88 Å². The first-order valence-corrected chi connectivity index (χ1v) is 31.7. The lowest BCUT2D eigenvalue weighted by Gasteiger charge is -2.28. The molecule has 23 heteroatoms. The number of thiazole rings is 2. The molecule has 0 bridgehead atoms. The number of amides is 6. The minimum atomic E-state index is -0.370. The Morgan fingerprint density at radius 2 is 1.33 bits per heavy atom. The second kappa shape index (κ2) is 29.3. The molecule has 0 spiro atoms. The molecule has 86 heavy (non-hydrogen) atoms. The van der Waals surface area contributed by atoms with E-state index in [1.807, 2.05) is 107 Å². The SMILES string of the molecule is C=CC(=O)N1CCCN(C(=O)c2cc(Sc3c[n+](/C=C\C(=O)N4CCCN(C(=O)c5cc(Sc6cnc(NC(=O)c7cccc(CN(C)C)c7)s6)c(C)cc5OC)C[C@H]4C)c(NC(=O)c4cccc(CN5CCOCC5)c4)s3)c(C)cc2OC)CC1. The zero-order chi connectivity index (χ0) is 61.0. The van der Waals surface area contributed by atoms with Crippen molar-refractivity contribution >= 4 is 98.1 Å². The monoisotopic (exact) mass is 1240 g/mol. The predicted octanol–water partition coefficient (Wildman–Crippen LogP) is 8.92. The molecule has 19 nitrogen and oxygen atoms in total. The third kappa shape index (κ3) is 16.0. The van der Waals surface area contributed by atoms with Gasteiger partial charge in [0.2, 0.25) is 11.8 Å². The van der Waals surface area contributed by atoms with E-state index < -0.39 is 0 Å². The third-order valence-corrected chi connectivity index (χ3v) is 19.4. The summed E-state index contributed by atoms with van der Waals surface area (Å²) < 4.78 is 20.4. The van der Waals surface area contributed by atoms with Crippen LogP contribution in [0, 0.1) is 13.8 Å². The lowest BCUT2D eigenvalue weighted by Crippen LogP contribution is -2.43. The number of hydrogen-bond acceptors (Lipinski definition) is 16. The lowest BCUT2D eigenvalue weighted by molar-refractivity contribution is -0.548. The van der Waals surface area contributed by atoms with Crippen LogP contribution in [-0.4, -0.2) is 176 Å². The number of carbonyl (C=O) groups is 6. The number of benzene rings is 4. The highest BCUT2D eigenvalue weighted by Gasteiger charge is 2.31. The van der Waals surface area contributed by atoms with Crippen molar-refractivity contribution in [3.63, 3.8) is 0 Å². The second-order valence-corrected chi connectivity index (χ2v) is 26.2. The maximum Gasteiger partial charge on any atom is 0.347 e. The number of morpholine rings is 1. The molecule has 5 heterocycles. The normalized spacial score (nSPS) is 16.0. The Morgan fingerprint density at radius 1 is 0.733 bits per heavy atom. The van der Waals surface area contributed by atoms with E-state index in [9.17, 15) is 28.8 Å². The van der Waals surface area contributed by atoms with E-state index in [1.165, 1.54) is 65.5 Å². The highest BCUT2D eigenvalue weighted by Crippen LogP contribution is 2.40. The van der Waals surface area contributed by atoms with Crippen molar-refractivity contribution in [3.05, 3.63) is 148 Å². The van der Waals surface area contributed by atoms with Gasteiger partial charge in [0, 0.05) is 99.5 Å². The molecule has 2 aromatic heterocycles. The van der Waals surface area contributed by atoms with E-state index in [2.05, 4.69) is 27.1 Å². The molecule has 0 aliphatic carbocycles. The van der Waals surface area contributed by atoms with Crippen LogP contribution in [0.4, 0.5) is 10.3 Å². The molecule has 0 unspecified atom stereocenters. The Kier molecular flexibility index (Phi) is 21.5. The second-order valence-electron chi connectivity index (χ2n) is 21.5. The average Bonchev–Trinajstić information content (AvgIpc) is 4.07. The Hall–Kier alpha value is -7.38. The zero-order valence-electron chi connectivity index (χ0n) is 49.6. The highest BCUT2D eigenvalue weighted by molar-refractivity contribution is 8.01. The number of nitrogens with one attached hydrogen (secondary N) is 2. The molecule has 2 N–H and O–H groups in total. The van der Waals surface area contributed by atoms with Crippen molar-refractivity contribution in [1.29, 1.82) is 0 Å². The van der Waals surface area contributed by atoms with Gasteiger partial charge in [-0.1, -0.05) is 65.7 Å². The standard InChI is InChI=1S/C63H72N10O9S4/c1-9-54(74)69-19-12-20-70(25-24-69)60(78)48-34-53(42(3)31-50(48)80-7)84-57-40-72(63(86-57)66-59(77)47-17-11-15-45(33-47)39-68-26-28-82-29-27-68)23-18-55(75)73-22-13-21-71(37-43(73)4)61(79)49-35-52(41(2)30-51(49)81-8)83-56-36-64-62(85-56)65-58(76)46-16-10-14-44(32-46)38-67(5)6/h9-11,14-18,23,30-36,40,43H,1,12-13,19-22,24-29,37-39H2,2-8H3,(H,64,65,76)/p+1/b23-18-/t43-/m1/s1. The summed E-state index contributed by atoms with van der Waals surface area (Å²) in [6.45, 7) is 16.6. The van der Waals surface area contributed by atoms with Gasteiger partial charge >= 0.3 is 11.0 Å². The first-order valence-electron chi connectivity index (χ1n) is 28.4. The number of hydrogen-bond donors (Lipinski definition) is 2. The molecule has 3 aliphatic heterocycles. The van der Waals surface area contributed by atoms with Crippen LogP contribution in [-0.2, 0) is 27.4 Å². The van der Waals surface area contributed by atoms with Crippen molar-refractivity contribution in [2.45, 2.75) is 71.0 Å². The number of anilines is 2. The van der Waals surface area contributed by atoms with Crippen molar-refractivity contribution in [2.24, 2.45) is 0 Å². The summed E-state index contributed by atoms with van der Waals surface area (Å²) in [4.78, 5) is 101. The van der Waals surface area contributed by atoms with Crippen LogP contribution in [0.5, 0.6) is 11.5 Å². The number of carbonyl (C=O) groups excluding carboxylic acids is 6. The molecular weight excluding hydrogens is 1170 g/mol. The van der Waals surface area contributed by atoms with Crippen LogP contribution in [0.2, 0.25) is 0 Å². The van der Waals surface area contributed by atoms with E-state index in [-0.39, 0.29) is 48.0 Å². The maximum atomic E-state index is 14.6. The predicted molar refractivity (Wildman–Crippen MR) is 337 cm³/mol. The summed E-state index contributed by atoms with van der Waals surface area (Å²) >= 11 is 5.55. The quantitative estimate of drug-likeness (QED) is 0.0577. The number of ether oxygens (including phenoxy) is 3. The highest BCUT2D eigenvalue weighted by atomic mass is 32.2. The van der Waals surface area contributed by atoms with Crippen LogP contribution in [0.3, 0.4) is 0 Å². The molecule has 0 radical (unpaired) electrons. The minimum Gasteiger partial charge on any atom is -0.496 e. The van der Waals surface area contributed by atoms with Crippen molar-refractivity contribution < 1.29 is 47.5 Å². The van der Waals surface area contributed by atoms with Crippen LogP contribution >= 0.6 is 46.2 Å². The van der Waals surface area contributed by atoms with Crippen LogP contribution in [0.1, 0.15) is 83.5 Å². The van der Waals surface area contributed by atoms with Gasteiger partial charge < -0.3 is 38.7 Å². The molecular formula is C63H73N10O9S4+. The molecule has 9 rings (SSSR count). The topological polar surface area (TPSA) is 190 Å². The summed E-state index contributed by atoms with van der Waals surface area (Å²) in [5, 5.41) is 6.97. The van der Waals surface area contributed by atoms with Crippen LogP contribution in [0.15, 0.2) is 122 Å². The summed E-state index contributed by atoms with van der Waals surface area (Å²) in [7, 11) is 7.04. The van der Waals surface area contributed by atoms with E-state index in [1.54, 1.807) is 55.8 Å². The van der Waals surface area contributed by atoms with Gasteiger partial charge in [-0.05, 0) is 136 Å². The van der Waals surface area contributed by atoms with Gasteiger partial charge in [-0.25, -0.2) is 9.78 Å². The number of aromatic nitrogens is 2. The Morgan fingerprint density at radius 3 is 1.99 bits per heavy atom. The van der Waals surface area contributed by atoms with Gasteiger partial charge in [0.1, 0.15) is 28.1 Å². The van der Waals surface area contributed by atoms with E-state index in [0.29, 0.717) is 122 Å². The fourth-order valence-electron chi connectivity index (χ4n) is 10.5. The largest absolute Gasteiger partial charge is 0.496 e. The van der Waals surface area contributed by atoms with Gasteiger partial charge in [0.15, 0.2) is 5.13 Å². The summed E-state index contributed by atoms with van der Waals surface area (Å²) in [5.41, 5.74) is 5.60. The fraction of sp³-hybridized carbons (Fsp3) is 0.365. The van der Waals surface area contributed by atoms with E-state index in [0.717, 1.165) is 53.6 Å². The van der Waals surface area contributed by atoms with Crippen LogP contribution in [0.25, 0.3) is 6.20 Å². The lowest BCUT2D eigenvalue weighted by atomic mass is 10.1. The Labute approximate surface area is 519 Å². The Balaban J connectivity index is 0.911. The van der Waals surface area contributed by atoms with Gasteiger partial charge in [-0.3, -0.25) is 34.2 Å². The van der Waals surface area contributed by atoms with Crippen molar-refractivity contribution in [3.8, 4) is 11.5 Å². The smallest absolute Gasteiger partial charge is 0.347 e. The van der Waals surface area contributed by atoms with Crippen molar-refractivity contribution in [2.75, 3.05) is 111 Å². The van der Waals surface area contributed by atoms with E-state index in [4.69, 9.17) is 14.2 Å². The number of aryl methyl sites for hydroxylation is 2. The molecule has 6 amide bonds. The molecule has 4 aromatic carbocycles. The number of methoxy groups -OCH3 is 2. The molecule has 3 aliphatic rings. The summed E-state index contributed by atoms with van der Waals surface area (Å²) in [6, 6.07) is 22.1. The molecule has 6 aromatic rings. The minimum absolute atomic E-state index is 0.165. The third-order valence-electron chi connectivity index (χ3n) is 14.9. The summed E-state index contributed by atoms with van der Waals surface area (Å²) in [5.74, 6) is -0.559. The van der Waals surface area contributed by atoms with E-state index >= 15 is 0 Å². The zero-order valence-corrected chi connectivity index (χ0v) is 52.9. The average molecular weight is 1240 g/mol. The first-order chi connectivity index (χ1) is 41.5. The molecule has 1 atom stereocenters. The number of nitrogens with zero attached hydrogens (tertiary/aromatic N) is 8. The first kappa shape index (κ1) is 63.1. The fourth-order valence-corrected chi connectivity index (χ4v) is 14.6. The molecule has 452 valence electrons. The maximum absolute atomic E-state index is 14.6. The van der Waals surface area contributed by atoms with Crippen LogP contribution < -0.4 is 24.7 Å². The summed E-state index contributed by atoms with van der Waals surface area (Å²) in [6.07, 6.45) is 9.13. The molecule has 3 saturated heterocycles. The molecule has 3 fully saturated rings. The van der Waals surface area contributed by atoms with Gasteiger partial charge in [-0.15, -0.1) is 0 Å². The van der Waals surface area contributed by atoms with Gasteiger partial charge in [0.25, 0.3) is 17.7 Å². The Bertz CT molecular complexity index is 3520. The van der Waals surface area contributed by atoms with Crippen molar-refractivity contribution in [1.82, 2.24) is 34.4 Å².